The predicted octanol–water partition coefficient (Wildman–Crippen LogP) is 10.3. The van der Waals surface area contributed by atoms with Gasteiger partial charge in [0.05, 0.1) is 5.69 Å². The van der Waals surface area contributed by atoms with Crippen LogP contribution in [-0.4, -0.2) is 9.97 Å². The lowest BCUT2D eigenvalue weighted by atomic mass is 10.0. The minimum Gasteiger partial charge on any atom is -0.454 e. The smallest absolute Gasteiger partial charge is 0.160 e. The Morgan fingerprint density at radius 3 is 2.15 bits per heavy atom. The molecule has 0 atom stereocenters. The van der Waals surface area contributed by atoms with Gasteiger partial charge in [0.25, 0.3) is 0 Å². The summed E-state index contributed by atoms with van der Waals surface area (Å²) >= 11 is 1.80. The molecule has 3 heterocycles. The van der Waals surface area contributed by atoms with E-state index in [0.29, 0.717) is 5.82 Å². The number of fused-ring (bicyclic) bond motifs is 4. The molecule has 0 aliphatic heterocycles. The van der Waals surface area contributed by atoms with Crippen LogP contribution in [0, 0.1) is 0 Å². The summed E-state index contributed by atoms with van der Waals surface area (Å²) in [4.78, 5) is 10.1. The molecule has 40 heavy (non-hydrogen) atoms. The average molecular weight is 531 g/mol. The molecule has 0 radical (unpaired) electrons. The summed E-state index contributed by atoms with van der Waals surface area (Å²) in [6, 6.07) is 46.2. The van der Waals surface area contributed by atoms with Gasteiger partial charge in [0.2, 0.25) is 0 Å². The molecule has 0 N–H and O–H groups in total. The standard InChI is InChI=1S/C36H22N2OS/c1-2-9-23(10-3-1)24-12-8-13-25(19-24)30-22-31(33-20-26-11-4-6-15-32(26)39-33)38-36(37-30)27-17-18-29-28-14-5-7-16-34(28)40-35(29)21-27/h1-22H. The van der Waals surface area contributed by atoms with Gasteiger partial charge in [-0.15, -0.1) is 11.3 Å². The van der Waals surface area contributed by atoms with Crippen LogP contribution < -0.4 is 0 Å². The van der Waals surface area contributed by atoms with Crippen LogP contribution in [0.2, 0.25) is 0 Å². The fourth-order valence-corrected chi connectivity index (χ4v) is 6.46. The Hall–Kier alpha value is -5.06. The molecule has 0 saturated carbocycles. The van der Waals surface area contributed by atoms with Crippen molar-refractivity contribution in [3.8, 4) is 45.2 Å². The lowest BCUT2D eigenvalue weighted by Gasteiger charge is -2.10. The number of hydrogen-bond donors (Lipinski definition) is 0. The Labute approximate surface area is 235 Å². The third-order valence-corrected chi connectivity index (χ3v) is 8.44. The van der Waals surface area contributed by atoms with Gasteiger partial charge in [-0.05, 0) is 47.5 Å². The average Bonchev–Trinajstić information content (AvgIpc) is 3.63. The van der Waals surface area contributed by atoms with E-state index in [1.54, 1.807) is 11.3 Å². The van der Waals surface area contributed by atoms with Crippen molar-refractivity contribution in [3.05, 3.63) is 133 Å². The first-order chi connectivity index (χ1) is 19.8. The molecule has 8 aromatic rings. The SMILES string of the molecule is c1ccc(-c2cccc(-c3cc(-c4cc5ccccc5o4)nc(-c4ccc5c(c4)sc4ccccc45)n3)c2)cc1. The van der Waals surface area contributed by atoms with Crippen LogP contribution in [0.15, 0.2) is 138 Å². The second-order valence-corrected chi connectivity index (χ2v) is 11.0. The second-order valence-electron chi connectivity index (χ2n) is 9.87. The third kappa shape index (κ3) is 3.98. The lowest BCUT2D eigenvalue weighted by molar-refractivity contribution is 0.628. The van der Waals surface area contributed by atoms with Crippen molar-refractivity contribution in [3.63, 3.8) is 0 Å². The maximum absolute atomic E-state index is 6.25. The van der Waals surface area contributed by atoms with Crippen LogP contribution in [0.1, 0.15) is 0 Å². The Kier molecular flexibility index (Phi) is 5.32. The van der Waals surface area contributed by atoms with E-state index in [0.717, 1.165) is 44.8 Å². The largest absolute Gasteiger partial charge is 0.454 e. The van der Waals surface area contributed by atoms with E-state index in [2.05, 4.69) is 103 Å². The van der Waals surface area contributed by atoms with Gasteiger partial charge in [0, 0.05) is 36.7 Å². The number of thiophene rings is 1. The molecule has 188 valence electrons. The van der Waals surface area contributed by atoms with Crippen LogP contribution >= 0.6 is 11.3 Å². The molecule has 4 heteroatoms. The van der Waals surface area contributed by atoms with E-state index in [9.17, 15) is 0 Å². The van der Waals surface area contributed by atoms with E-state index in [1.165, 1.54) is 25.7 Å². The van der Waals surface area contributed by atoms with Gasteiger partial charge in [-0.3, -0.25) is 0 Å². The first-order valence-electron chi connectivity index (χ1n) is 13.2. The predicted molar refractivity (Wildman–Crippen MR) is 166 cm³/mol. The first kappa shape index (κ1) is 22.9. The monoisotopic (exact) mass is 530 g/mol. The third-order valence-electron chi connectivity index (χ3n) is 7.31. The fraction of sp³-hybridized carbons (Fsp3) is 0. The van der Waals surface area contributed by atoms with Gasteiger partial charge in [0.15, 0.2) is 11.6 Å². The molecular formula is C36H22N2OS. The van der Waals surface area contributed by atoms with Crippen LogP contribution in [0.3, 0.4) is 0 Å². The highest BCUT2D eigenvalue weighted by atomic mass is 32.1. The number of aromatic nitrogens is 2. The van der Waals surface area contributed by atoms with Gasteiger partial charge < -0.3 is 4.42 Å². The van der Waals surface area contributed by atoms with Crippen LogP contribution in [0.25, 0.3) is 76.4 Å². The van der Waals surface area contributed by atoms with E-state index >= 15 is 0 Å². The van der Waals surface area contributed by atoms with Crippen molar-refractivity contribution >= 4 is 42.5 Å². The van der Waals surface area contributed by atoms with Crippen LogP contribution in [0.4, 0.5) is 0 Å². The molecule has 0 fully saturated rings. The van der Waals surface area contributed by atoms with Crippen molar-refractivity contribution in [2.75, 3.05) is 0 Å². The number of nitrogens with zero attached hydrogens (tertiary/aromatic N) is 2. The second kappa shape index (κ2) is 9.30. The van der Waals surface area contributed by atoms with Crippen LogP contribution in [-0.2, 0) is 0 Å². The van der Waals surface area contributed by atoms with Gasteiger partial charge in [-0.2, -0.15) is 0 Å². The highest BCUT2D eigenvalue weighted by molar-refractivity contribution is 7.25. The van der Waals surface area contributed by atoms with Crippen molar-refractivity contribution in [2.45, 2.75) is 0 Å². The molecule has 3 nitrogen and oxygen atoms in total. The summed E-state index contributed by atoms with van der Waals surface area (Å²) < 4.78 is 8.76. The zero-order valence-corrected chi connectivity index (χ0v) is 22.2. The van der Waals surface area contributed by atoms with E-state index in [1.807, 2.05) is 30.3 Å². The summed E-state index contributed by atoms with van der Waals surface area (Å²) in [7, 11) is 0. The molecule has 8 rings (SSSR count). The number of furan rings is 1. The van der Waals surface area contributed by atoms with Crippen molar-refractivity contribution in [2.24, 2.45) is 0 Å². The minimum absolute atomic E-state index is 0.678. The van der Waals surface area contributed by atoms with Gasteiger partial charge >= 0.3 is 0 Å². The zero-order valence-electron chi connectivity index (χ0n) is 21.4. The summed E-state index contributed by atoms with van der Waals surface area (Å²) in [5.74, 6) is 1.41. The van der Waals surface area contributed by atoms with E-state index in [-0.39, 0.29) is 0 Å². The molecule has 0 amide bonds. The fourth-order valence-electron chi connectivity index (χ4n) is 5.31. The number of hydrogen-bond acceptors (Lipinski definition) is 4. The molecule has 0 bridgehead atoms. The zero-order chi connectivity index (χ0) is 26.5. The van der Waals surface area contributed by atoms with Crippen LogP contribution in [0.5, 0.6) is 0 Å². The first-order valence-corrected chi connectivity index (χ1v) is 14.1. The Balaban J connectivity index is 1.32. The minimum atomic E-state index is 0.678. The molecule has 0 spiro atoms. The molecule has 0 unspecified atom stereocenters. The van der Waals surface area contributed by atoms with Crippen molar-refractivity contribution < 1.29 is 4.42 Å². The molecule has 0 aliphatic rings. The summed E-state index contributed by atoms with van der Waals surface area (Å²) in [5, 5.41) is 3.59. The van der Waals surface area contributed by atoms with Gasteiger partial charge in [0.1, 0.15) is 11.3 Å². The Bertz CT molecular complexity index is 2140. The maximum atomic E-state index is 6.25. The molecule has 3 aromatic heterocycles. The Morgan fingerprint density at radius 2 is 1.23 bits per heavy atom. The number of para-hydroxylation sites is 1. The molecule has 0 saturated heterocycles. The highest BCUT2D eigenvalue weighted by Crippen LogP contribution is 2.37. The Morgan fingerprint density at radius 1 is 0.475 bits per heavy atom. The van der Waals surface area contributed by atoms with Crippen molar-refractivity contribution in [1.29, 1.82) is 0 Å². The summed E-state index contributed by atoms with van der Waals surface area (Å²) in [5.41, 5.74) is 6.80. The molecular weight excluding hydrogens is 508 g/mol. The van der Waals surface area contributed by atoms with E-state index in [4.69, 9.17) is 14.4 Å². The van der Waals surface area contributed by atoms with Gasteiger partial charge in [-0.1, -0.05) is 97.1 Å². The normalized spacial score (nSPS) is 11.5. The molecule has 0 aliphatic carbocycles. The number of rotatable bonds is 4. The van der Waals surface area contributed by atoms with Gasteiger partial charge in [-0.25, -0.2) is 9.97 Å². The topological polar surface area (TPSA) is 38.9 Å². The summed E-state index contributed by atoms with van der Waals surface area (Å²) in [6.07, 6.45) is 0. The molecule has 5 aromatic carbocycles. The maximum Gasteiger partial charge on any atom is 0.160 e. The van der Waals surface area contributed by atoms with E-state index < -0.39 is 0 Å². The lowest BCUT2D eigenvalue weighted by Crippen LogP contribution is -1.95. The quantitative estimate of drug-likeness (QED) is 0.227. The number of benzene rings is 5. The summed E-state index contributed by atoms with van der Waals surface area (Å²) in [6.45, 7) is 0. The van der Waals surface area contributed by atoms with Crippen molar-refractivity contribution in [1.82, 2.24) is 9.97 Å². The highest BCUT2D eigenvalue weighted by Gasteiger charge is 2.15.